The molecule has 11 heteroatoms. The van der Waals surface area contributed by atoms with Gasteiger partial charge in [-0.1, -0.05) is 53.0 Å². The van der Waals surface area contributed by atoms with E-state index in [1.165, 1.54) is 27.4 Å². The molecule has 4 rings (SSSR count). The Balaban J connectivity index is 1.58. The lowest BCUT2D eigenvalue weighted by Crippen LogP contribution is -2.52. The van der Waals surface area contributed by atoms with Crippen LogP contribution >= 0.6 is 34.8 Å². The molecule has 0 bridgehead atoms. The average Bonchev–Trinajstić information content (AvgIpc) is 3.18. The standard InChI is InChI=1S/C20H19Cl3FN3O3S/c21-20(22,23)19(28)26-12-10-25(11-13-26)16-5-3-6-17-14(16)8-9-27(17)31(29,30)18-7-2-1-4-15(18)24/h1-7H,8-13H2. The van der Waals surface area contributed by atoms with E-state index in [1.54, 1.807) is 12.1 Å². The van der Waals surface area contributed by atoms with Gasteiger partial charge in [-0.15, -0.1) is 0 Å². The third-order valence-electron chi connectivity index (χ3n) is 5.51. The van der Waals surface area contributed by atoms with E-state index in [0.29, 0.717) is 38.3 Å². The molecule has 2 aliphatic heterocycles. The summed E-state index contributed by atoms with van der Waals surface area (Å²) >= 11 is 17.1. The van der Waals surface area contributed by atoms with E-state index >= 15 is 0 Å². The maximum absolute atomic E-state index is 14.2. The molecule has 1 amide bonds. The summed E-state index contributed by atoms with van der Waals surface area (Å²) < 4.78 is 39.7. The van der Waals surface area contributed by atoms with E-state index in [4.69, 9.17) is 34.8 Å². The van der Waals surface area contributed by atoms with E-state index in [2.05, 4.69) is 4.90 Å². The number of halogens is 4. The summed E-state index contributed by atoms with van der Waals surface area (Å²) in [6.07, 6.45) is 0.506. The van der Waals surface area contributed by atoms with E-state index in [9.17, 15) is 17.6 Å². The van der Waals surface area contributed by atoms with Gasteiger partial charge in [0.15, 0.2) is 0 Å². The topological polar surface area (TPSA) is 60.9 Å². The zero-order valence-corrected chi connectivity index (χ0v) is 19.4. The lowest BCUT2D eigenvalue weighted by molar-refractivity contribution is -0.130. The fraction of sp³-hybridized carbons (Fsp3) is 0.350. The SMILES string of the molecule is O=C(N1CCN(c2cccc3c2CCN3S(=O)(=O)c2ccccc2F)CC1)C(Cl)(Cl)Cl. The maximum Gasteiger partial charge on any atom is 0.274 e. The van der Waals surface area contributed by atoms with Gasteiger partial charge in [0, 0.05) is 44.0 Å². The molecule has 0 aromatic heterocycles. The van der Waals surface area contributed by atoms with Crippen LogP contribution in [0.25, 0.3) is 0 Å². The van der Waals surface area contributed by atoms with Crippen LogP contribution in [0.1, 0.15) is 5.56 Å². The molecule has 0 unspecified atom stereocenters. The molecule has 0 aliphatic carbocycles. The van der Waals surface area contributed by atoms with Crippen LogP contribution in [0.15, 0.2) is 47.4 Å². The van der Waals surface area contributed by atoms with Crippen molar-refractivity contribution in [2.75, 3.05) is 41.9 Å². The Labute approximate surface area is 195 Å². The predicted molar refractivity (Wildman–Crippen MR) is 120 cm³/mol. The van der Waals surface area contributed by atoms with Crippen molar-refractivity contribution in [2.24, 2.45) is 0 Å². The number of amides is 1. The van der Waals surface area contributed by atoms with Crippen LogP contribution in [-0.2, 0) is 21.2 Å². The van der Waals surface area contributed by atoms with Crippen LogP contribution in [0, 0.1) is 5.82 Å². The lowest BCUT2D eigenvalue weighted by atomic mass is 10.1. The van der Waals surface area contributed by atoms with Gasteiger partial charge in [-0.3, -0.25) is 9.10 Å². The minimum absolute atomic E-state index is 0.231. The largest absolute Gasteiger partial charge is 0.368 e. The smallest absolute Gasteiger partial charge is 0.274 e. The second-order valence-corrected chi connectivity index (χ2v) is 11.4. The van der Waals surface area contributed by atoms with Crippen molar-refractivity contribution in [3.63, 3.8) is 0 Å². The molecule has 1 saturated heterocycles. The Morgan fingerprint density at radius 2 is 1.55 bits per heavy atom. The Morgan fingerprint density at radius 3 is 2.19 bits per heavy atom. The summed E-state index contributed by atoms with van der Waals surface area (Å²) in [4.78, 5) is 15.4. The van der Waals surface area contributed by atoms with Gasteiger partial charge in [-0.25, -0.2) is 12.8 Å². The van der Waals surface area contributed by atoms with Crippen LogP contribution in [0.4, 0.5) is 15.8 Å². The lowest BCUT2D eigenvalue weighted by Gasteiger charge is -2.38. The summed E-state index contributed by atoms with van der Waals surface area (Å²) in [6, 6.07) is 10.8. The van der Waals surface area contributed by atoms with Crippen molar-refractivity contribution < 1.29 is 17.6 Å². The molecule has 1 fully saturated rings. The molecule has 0 atom stereocenters. The van der Waals surface area contributed by atoms with Crippen molar-refractivity contribution in [3.8, 4) is 0 Å². The van der Waals surface area contributed by atoms with Gasteiger partial charge in [0.2, 0.25) is 0 Å². The molecule has 2 aromatic carbocycles. The highest BCUT2D eigenvalue weighted by molar-refractivity contribution is 7.92. The monoisotopic (exact) mass is 505 g/mol. The second kappa shape index (κ2) is 8.31. The van der Waals surface area contributed by atoms with E-state index in [0.717, 1.165) is 17.3 Å². The molecular formula is C20H19Cl3FN3O3S. The van der Waals surface area contributed by atoms with Gasteiger partial charge < -0.3 is 9.80 Å². The highest BCUT2D eigenvalue weighted by atomic mass is 35.6. The van der Waals surface area contributed by atoms with E-state index in [-0.39, 0.29) is 11.4 Å². The highest BCUT2D eigenvalue weighted by Gasteiger charge is 2.38. The Morgan fingerprint density at radius 1 is 0.903 bits per heavy atom. The normalized spacial score (nSPS) is 17.1. The fourth-order valence-electron chi connectivity index (χ4n) is 4.03. The zero-order chi connectivity index (χ0) is 22.4. The molecule has 31 heavy (non-hydrogen) atoms. The molecule has 0 radical (unpaired) electrons. The predicted octanol–water partition coefficient (Wildman–Crippen LogP) is 3.60. The van der Waals surface area contributed by atoms with E-state index < -0.39 is 25.5 Å². The van der Waals surface area contributed by atoms with Gasteiger partial charge in [0.1, 0.15) is 10.7 Å². The third kappa shape index (κ3) is 4.18. The van der Waals surface area contributed by atoms with Crippen LogP contribution in [0.2, 0.25) is 0 Å². The maximum atomic E-state index is 14.2. The number of carbonyl (C=O) groups is 1. The summed E-state index contributed by atoms with van der Waals surface area (Å²) in [7, 11) is -4.02. The number of benzene rings is 2. The van der Waals surface area contributed by atoms with Gasteiger partial charge in [-0.05, 0) is 30.7 Å². The number of hydrogen-bond acceptors (Lipinski definition) is 4. The number of rotatable bonds is 3. The van der Waals surface area contributed by atoms with Crippen molar-refractivity contribution in [1.29, 1.82) is 0 Å². The second-order valence-electron chi connectivity index (χ2n) is 7.31. The first kappa shape index (κ1) is 22.5. The highest BCUT2D eigenvalue weighted by Crippen LogP contribution is 2.39. The first-order valence-corrected chi connectivity index (χ1v) is 12.2. The number of fused-ring (bicyclic) bond motifs is 1. The van der Waals surface area contributed by atoms with Gasteiger partial charge in [-0.2, -0.15) is 0 Å². The van der Waals surface area contributed by atoms with Crippen LogP contribution in [0.5, 0.6) is 0 Å². The summed E-state index contributed by atoms with van der Waals surface area (Å²) in [5, 5.41) is 0. The zero-order valence-electron chi connectivity index (χ0n) is 16.3. The van der Waals surface area contributed by atoms with Crippen molar-refractivity contribution in [3.05, 3.63) is 53.8 Å². The summed E-state index contributed by atoms with van der Waals surface area (Å²) in [6.45, 7) is 2.03. The Hall–Kier alpha value is -1.74. The quantitative estimate of drug-likeness (QED) is 0.597. The molecule has 0 spiro atoms. The molecule has 2 aromatic rings. The number of anilines is 2. The number of sulfonamides is 1. The van der Waals surface area contributed by atoms with Crippen molar-refractivity contribution in [1.82, 2.24) is 4.90 Å². The number of nitrogens with zero attached hydrogens (tertiary/aromatic N) is 3. The molecule has 6 nitrogen and oxygen atoms in total. The molecule has 2 aliphatic rings. The number of hydrogen-bond donors (Lipinski definition) is 0. The van der Waals surface area contributed by atoms with E-state index in [1.807, 2.05) is 6.07 Å². The minimum atomic E-state index is -4.02. The minimum Gasteiger partial charge on any atom is -0.368 e. The van der Waals surface area contributed by atoms with Gasteiger partial charge in [0.05, 0.1) is 5.69 Å². The van der Waals surface area contributed by atoms with Crippen molar-refractivity contribution in [2.45, 2.75) is 15.1 Å². The van der Waals surface area contributed by atoms with Gasteiger partial charge in [0.25, 0.3) is 19.7 Å². The summed E-state index contributed by atoms with van der Waals surface area (Å²) in [5.41, 5.74) is 2.31. The van der Waals surface area contributed by atoms with Crippen LogP contribution < -0.4 is 9.21 Å². The molecule has 0 saturated carbocycles. The van der Waals surface area contributed by atoms with Gasteiger partial charge >= 0.3 is 0 Å². The molecular weight excluding hydrogens is 488 g/mol. The van der Waals surface area contributed by atoms with Crippen LogP contribution in [0.3, 0.4) is 0 Å². The Kier molecular flexibility index (Phi) is 6.02. The fourth-order valence-corrected chi connectivity index (χ4v) is 5.96. The molecule has 166 valence electrons. The first-order chi connectivity index (χ1) is 14.6. The third-order valence-corrected chi connectivity index (χ3v) is 7.85. The molecule has 2 heterocycles. The van der Waals surface area contributed by atoms with Crippen LogP contribution in [-0.4, -0.2) is 55.7 Å². The number of alkyl halides is 3. The Bertz CT molecular complexity index is 1120. The van der Waals surface area contributed by atoms with Crippen molar-refractivity contribution >= 4 is 62.1 Å². The summed E-state index contributed by atoms with van der Waals surface area (Å²) in [5.74, 6) is -1.33. The number of piperazine rings is 1. The molecule has 0 N–H and O–H groups in total. The first-order valence-electron chi connectivity index (χ1n) is 9.61. The number of carbonyl (C=O) groups excluding carboxylic acids is 1. The average molecular weight is 507 g/mol.